The van der Waals surface area contributed by atoms with Crippen LogP contribution in [0.2, 0.25) is 0 Å². The van der Waals surface area contributed by atoms with E-state index >= 15 is 0 Å². The first kappa shape index (κ1) is 14.1. The van der Waals surface area contributed by atoms with Gasteiger partial charge < -0.3 is 0 Å². The summed E-state index contributed by atoms with van der Waals surface area (Å²) in [6, 6.07) is 9.89. The van der Waals surface area contributed by atoms with E-state index < -0.39 is 0 Å². The lowest BCUT2D eigenvalue weighted by molar-refractivity contribution is 0.139. The third-order valence-corrected chi connectivity index (χ3v) is 5.53. The Kier molecular flexibility index (Phi) is 3.44. The molecular weight excluding hydrogens is 242 g/mol. The van der Waals surface area contributed by atoms with Crippen molar-refractivity contribution in [3.8, 4) is 0 Å². The van der Waals surface area contributed by atoms with E-state index in [1.807, 2.05) is 0 Å². The average molecular weight is 271 g/mol. The molecule has 2 bridgehead atoms. The van der Waals surface area contributed by atoms with E-state index in [0.29, 0.717) is 10.8 Å². The van der Waals surface area contributed by atoms with Crippen LogP contribution in [-0.4, -0.2) is 17.5 Å². The second-order valence-electron chi connectivity index (χ2n) is 8.43. The molecule has 110 valence electrons. The maximum Gasteiger partial charge on any atom is 0.0236 e. The third-order valence-electron chi connectivity index (χ3n) is 5.53. The Morgan fingerprint density at radius 1 is 1.05 bits per heavy atom. The highest BCUT2D eigenvalue weighted by molar-refractivity contribution is 5.21. The van der Waals surface area contributed by atoms with Gasteiger partial charge in [0.1, 0.15) is 0 Å². The molecule has 2 fully saturated rings. The molecule has 1 saturated heterocycles. The third kappa shape index (κ3) is 2.93. The molecule has 1 aromatic carbocycles. The molecule has 1 saturated carbocycles. The number of likely N-dealkylation sites (tertiary alicyclic amines) is 1. The zero-order valence-electron chi connectivity index (χ0n) is 13.6. The van der Waals surface area contributed by atoms with E-state index in [0.717, 1.165) is 12.6 Å². The van der Waals surface area contributed by atoms with Crippen molar-refractivity contribution >= 4 is 0 Å². The van der Waals surface area contributed by atoms with Gasteiger partial charge in [-0.1, -0.05) is 50.6 Å². The summed E-state index contributed by atoms with van der Waals surface area (Å²) >= 11 is 0. The molecule has 2 atom stereocenters. The minimum Gasteiger partial charge on any atom is -0.296 e. The smallest absolute Gasteiger partial charge is 0.0236 e. The van der Waals surface area contributed by atoms with Crippen molar-refractivity contribution < 1.29 is 0 Å². The van der Waals surface area contributed by atoms with Crippen LogP contribution in [0.1, 0.15) is 57.6 Å². The Morgan fingerprint density at radius 2 is 1.75 bits per heavy atom. The number of rotatable bonds is 2. The lowest BCUT2D eigenvalue weighted by Gasteiger charge is -2.35. The predicted octanol–water partition coefficient (Wildman–Crippen LogP) is 4.79. The van der Waals surface area contributed by atoms with Gasteiger partial charge in [-0.25, -0.2) is 0 Å². The van der Waals surface area contributed by atoms with Crippen LogP contribution in [0.25, 0.3) is 0 Å². The van der Waals surface area contributed by atoms with Crippen LogP contribution in [-0.2, 0) is 6.54 Å². The van der Waals surface area contributed by atoms with Crippen molar-refractivity contribution in [3.05, 3.63) is 35.4 Å². The van der Waals surface area contributed by atoms with Gasteiger partial charge in [0.05, 0.1) is 0 Å². The second kappa shape index (κ2) is 4.87. The summed E-state index contributed by atoms with van der Waals surface area (Å²) in [6.45, 7) is 12.0. The van der Waals surface area contributed by atoms with E-state index in [2.05, 4.69) is 56.9 Å². The van der Waals surface area contributed by atoms with Crippen LogP contribution in [0.15, 0.2) is 24.3 Å². The first-order valence-electron chi connectivity index (χ1n) is 8.15. The highest BCUT2D eigenvalue weighted by atomic mass is 15.2. The monoisotopic (exact) mass is 271 g/mol. The van der Waals surface area contributed by atoms with Crippen LogP contribution in [0.4, 0.5) is 0 Å². The van der Waals surface area contributed by atoms with E-state index in [9.17, 15) is 0 Å². The van der Waals surface area contributed by atoms with E-state index in [1.165, 1.54) is 43.4 Å². The van der Waals surface area contributed by atoms with Gasteiger partial charge in [-0.05, 0) is 49.0 Å². The zero-order chi connectivity index (χ0) is 14.4. The highest BCUT2D eigenvalue weighted by Gasteiger charge is 2.45. The predicted molar refractivity (Wildman–Crippen MR) is 85.7 cm³/mol. The summed E-state index contributed by atoms with van der Waals surface area (Å²) in [4.78, 5) is 2.76. The van der Waals surface area contributed by atoms with Crippen LogP contribution < -0.4 is 0 Å². The molecule has 3 rings (SSSR count). The van der Waals surface area contributed by atoms with E-state index in [1.54, 1.807) is 0 Å². The molecule has 1 heterocycles. The van der Waals surface area contributed by atoms with Crippen molar-refractivity contribution in [2.75, 3.05) is 6.54 Å². The normalized spacial score (nSPS) is 33.1. The average Bonchev–Trinajstić information content (AvgIpc) is 2.59. The van der Waals surface area contributed by atoms with Gasteiger partial charge >= 0.3 is 0 Å². The molecule has 1 aliphatic heterocycles. The summed E-state index contributed by atoms with van der Waals surface area (Å²) in [7, 11) is 0. The number of fused-ring (bicyclic) bond motifs is 2. The number of benzene rings is 1. The molecule has 1 heteroatoms. The molecule has 0 radical (unpaired) electrons. The van der Waals surface area contributed by atoms with Gasteiger partial charge in [0.15, 0.2) is 0 Å². The Morgan fingerprint density at radius 3 is 2.45 bits per heavy atom. The van der Waals surface area contributed by atoms with Gasteiger partial charge in [0, 0.05) is 19.1 Å². The zero-order valence-corrected chi connectivity index (χ0v) is 13.6. The molecule has 20 heavy (non-hydrogen) atoms. The number of hydrogen-bond donors (Lipinski definition) is 0. The topological polar surface area (TPSA) is 3.24 Å². The van der Waals surface area contributed by atoms with Crippen molar-refractivity contribution in [2.24, 2.45) is 10.8 Å². The van der Waals surface area contributed by atoms with E-state index in [-0.39, 0.29) is 0 Å². The molecule has 2 aliphatic rings. The lowest BCUT2D eigenvalue weighted by Crippen LogP contribution is -2.35. The molecule has 1 aromatic rings. The summed E-state index contributed by atoms with van der Waals surface area (Å²) in [5.74, 6) is 0. The van der Waals surface area contributed by atoms with Crippen LogP contribution in [0, 0.1) is 17.8 Å². The number of hydrogen-bond acceptors (Lipinski definition) is 1. The van der Waals surface area contributed by atoms with Gasteiger partial charge in [-0.15, -0.1) is 0 Å². The van der Waals surface area contributed by atoms with Gasteiger partial charge in [0.2, 0.25) is 0 Å². The van der Waals surface area contributed by atoms with E-state index in [4.69, 9.17) is 0 Å². The van der Waals surface area contributed by atoms with Gasteiger partial charge in [-0.2, -0.15) is 0 Å². The lowest BCUT2D eigenvalue weighted by atomic mass is 9.79. The molecule has 0 spiro atoms. The SMILES string of the molecule is Cc1ccc(CN2C[C@@]3(C)CCC(C)(C)C[C@@H]2C3)cc1. The Labute approximate surface area is 124 Å². The molecule has 0 N–H and O–H groups in total. The fourth-order valence-electron chi connectivity index (χ4n) is 4.26. The summed E-state index contributed by atoms with van der Waals surface area (Å²) < 4.78 is 0. The summed E-state index contributed by atoms with van der Waals surface area (Å²) in [6.07, 6.45) is 5.58. The van der Waals surface area contributed by atoms with Crippen molar-refractivity contribution in [1.29, 1.82) is 0 Å². The maximum absolute atomic E-state index is 2.76. The van der Waals surface area contributed by atoms with Crippen molar-refractivity contribution in [1.82, 2.24) is 4.90 Å². The quantitative estimate of drug-likeness (QED) is 0.748. The molecular formula is C19H29N. The van der Waals surface area contributed by atoms with Gasteiger partial charge in [0.25, 0.3) is 0 Å². The molecule has 0 aromatic heterocycles. The molecule has 0 amide bonds. The fourth-order valence-corrected chi connectivity index (χ4v) is 4.26. The standard InChI is InChI=1S/C19H29N/c1-15-5-7-16(8-6-15)13-20-14-19(4)10-9-18(2,3)11-17(20)12-19/h5-8,17H,9-14H2,1-4H3/t17-,19+/m1/s1. The van der Waals surface area contributed by atoms with Crippen molar-refractivity contribution in [3.63, 3.8) is 0 Å². The Bertz CT molecular complexity index is 473. The fraction of sp³-hybridized carbons (Fsp3) is 0.684. The van der Waals surface area contributed by atoms with Crippen molar-refractivity contribution in [2.45, 2.75) is 66.0 Å². The molecule has 1 aliphatic carbocycles. The molecule has 0 unspecified atom stereocenters. The van der Waals surface area contributed by atoms with Crippen LogP contribution >= 0.6 is 0 Å². The minimum absolute atomic E-state index is 0.522. The first-order chi connectivity index (χ1) is 9.35. The number of aryl methyl sites for hydroxylation is 1. The Balaban J connectivity index is 1.76. The Hall–Kier alpha value is -0.820. The summed E-state index contributed by atoms with van der Waals surface area (Å²) in [5.41, 5.74) is 3.92. The summed E-state index contributed by atoms with van der Waals surface area (Å²) in [5, 5.41) is 0. The first-order valence-corrected chi connectivity index (χ1v) is 8.15. The number of nitrogens with zero attached hydrogens (tertiary/aromatic N) is 1. The second-order valence-corrected chi connectivity index (χ2v) is 8.43. The highest BCUT2D eigenvalue weighted by Crippen LogP contribution is 2.49. The van der Waals surface area contributed by atoms with Gasteiger partial charge in [-0.3, -0.25) is 4.90 Å². The van der Waals surface area contributed by atoms with Crippen LogP contribution in [0.3, 0.4) is 0 Å². The maximum atomic E-state index is 2.76. The molecule has 1 nitrogen and oxygen atoms in total. The minimum atomic E-state index is 0.522. The van der Waals surface area contributed by atoms with Crippen LogP contribution in [0.5, 0.6) is 0 Å². The largest absolute Gasteiger partial charge is 0.296 e.